The summed E-state index contributed by atoms with van der Waals surface area (Å²) in [6, 6.07) is 0. The second-order valence-corrected chi connectivity index (χ2v) is 5.57. The van der Waals surface area contributed by atoms with Crippen molar-refractivity contribution in [1.82, 2.24) is 10.2 Å². The van der Waals surface area contributed by atoms with Gasteiger partial charge in [-0.25, -0.2) is 0 Å². The monoisotopic (exact) mass is 262 g/mol. The van der Waals surface area contributed by atoms with Crippen LogP contribution in [0.25, 0.3) is 0 Å². The van der Waals surface area contributed by atoms with Gasteiger partial charge in [-0.15, -0.1) is 0 Å². The zero-order valence-electron chi connectivity index (χ0n) is 12.5. The highest BCUT2D eigenvalue weighted by molar-refractivity contribution is 4.74. The van der Waals surface area contributed by atoms with Crippen molar-refractivity contribution in [3.05, 3.63) is 0 Å². The summed E-state index contributed by atoms with van der Waals surface area (Å²) in [7, 11) is 3.37. The van der Waals surface area contributed by atoms with E-state index in [1.54, 1.807) is 14.2 Å². The van der Waals surface area contributed by atoms with Crippen molar-refractivity contribution in [2.24, 2.45) is 0 Å². The standard InChI is InChI=1S/C13H30N2O3/c1-13(2,3)14-10-12(16)11-15(6-8-17-4)7-9-18-5/h12,14,16H,6-11H2,1-5H3. The van der Waals surface area contributed by atoms with Crippen LogP contribution in [0.15, 0.2) is 0 Å². The zero-order valence-corrected chi connectivity index (χ0v) is 12.5. The number of nitrogens with one attached hydrogen (secondary N) is 1. The van der Waals surface area contributed by atoms with Gasteiger partial charge in [0.1, 0.15) is 0 Å². The van der Waals surface area contributed by atoms with Crippen molar-refractivity contribution in [3.8, 4) is 0 Å². The summed E-state index contributed by atoms with van der Waals surface area (Å²) < 4.78 is 10.1. The molecule has 0 saturated heterocycles. The lowest BCUT2D eigenvalue weighted by molar-refractivity contribution is 0.0670. The zero-order chi connectivity index (χ0) is 14.0. The van der Waals surface area contributed by atoms with E-state index in [-0.39, 0.29) is 11.6 Å². The molecule has 0 radical (unpaired) electrons. The van der Waals surface area contributed by atoms with Crippen LogP contribution in [0, 0.1) is 0 Å². The van der Waals surface area contributed by atoms with Crippen molar-refractivity contribution < 1.29 is 14.6 Å². The number of methoxy groups -OCH3 is 2. The molecule has 0 aliphatic rings. The van der Waals surface area contributed by atoms with Crippen LogP contribution in [0.1, 0.15) is 20.8 Å². The van der Waals surface area contributed by atoms with Crippen LogP contribution in [0.5, 0.6) is 0 Å². The summed E-state index contributed by atoms with van der Waals surface area (Å²) in [5.74, 6) is 0. The van der Waals surface area contributed by atoms with Crippen LogP contribution >= 0.6 is 0 Å². The summed E-state index contributed by atoms with van der Waals surface area (Å²) in [6.45, 7) is 10.5. The smallest absolute Gasteiger partial charge is 0.0791 e. The predicted molar refractivity (Wildman–Crippen MR) is 74.0 cm³/mol. The Hall–Kier alpha value is -0.200. The Labute approximate surface area is 111 Å². The van der Waals surface area contributed by atoms with Gasteiger partial charge in [-0.3, -0.25) is 4.90 Å². The number of aliphatic hydroxyl groups excluding tert-OH is 1. The van der Waals surface area contributed by atoms with E-state index in [2.05, 4.69) is 31.0 Å². The molecule has 5 heteroatoms. The maximum absolute atomic E-state index is 10.00. The molecule has 1 atom stereocenters. The molecule has 0 heterocycles. The molecule has 0 aliphatic carbocycles. The van der Waals surface area contributed by atoms with Crippen molar-refractivity contribution in [3.63, 3.8) is 0 Å². The molecule has 0 aromatic heterocycles. The summed E-state index contributed by atoms with van der Waals surface area (Å²) in [5.41, 5.74) is 0.0326. The SMILES string of the molecule is COCCN(CCOC)CC(O)CNC(C)(C)C. The Bertz CT molecular complexity index is 187. The van der Waals surface area contributed by atoms with Crippen LogP contribution in [0.3, 0.4) is 0 Å². The van der Waals surface area contributed by atoms with E-state index in [4.69, 9.17) is 9.47 Å². The molecule has 0 fully saturated rings. The molecule has 5 nitrogen and oxygen atoms in total. The van der Waals surface area contributed by atoms with Gasteiger partial charge < -0.3 is 19.9 Å². The molecule has 0 aromatic rings. The van der Waals surface area contributed by atoms with Crippen LogP contribution in [0.2, 0.25) is 0 Å². The highest BCUT2D eigenvalue weighted by atomic mass is 16.5. The van der Waals surface area contributed by atoms with Gasteiger partial charge in [-0.1, -0.05) is 0 Å². The van der Waals surface area contributed by atoms with E-state index in [9.17, 15) is 5.11 Å². The minimum absolute atomic E-state index is 0.0326. The number of hydrogen-bond donors (Lipinski definition) is 2. The fraction of sp³-hybridized carbons (Fsp3) is 1.00. The second-order valence-electron chi connectivity index (χ2n) is 5.57. The fourth-order valence-electron chi connectivity index (χ4n) is 1.52. The number of hydrogen-bond acceptors (Lipinski definition) is 5. The van der Waals surface area contributed by atoms with Crippen LogP contribution < -0.4 is 5.32 Å². The minimum Gasteiger partial charge on any atom is -0.390 e. The summed E-state index contributed by atoms with van der Waals surface area (Å²) >= 11 is 0. The Morgan fingerprint density at radius 3 is 2.00 bits per heavy atom. The predicted octanol–water partition coefficient (Wildman–Crippen LogP) is 0.330. The molecule has 1 unspecified atom stereocenters. The highest BCUT2D eigenvalue weighted by Crippen LogP contribution is 1.99. The van der Waals surface area contributed by atoms with Gasteiger partial charge in [0.25, 0.3) is 0 Å². The van der Waals surface area contributed by atoms with Gasteiger partial charge in [0, 0.05) is 45.9 Å². The Balaban J connectivity index is 3.96. The normalized spacial score (nSPS) is 14.2. The lowest BCUT2D eigenvalue weighted by Gasteiger charge is -2.27. The first-order valence-electron chi connectivity index (χ1n) is 6.52. The van der Waals surface area contributed by atoms with Crippen LogP contribution in [0.4, 0.5) is 0 Å². The second kappa shape index (κ2) is 9.69. The molecule has 0 bridgehead atoms. The summed E-state index contributed by atoms with van der Waals surface area (Å²) in [4.78, 5) is 2.15. The largest absolute Gasteiger partial charge is 0.390 e. The Kier molecular flexibility index (Phi) is 9.59. The van der Waals surface area contributed by atoms with Crippen molar-refractivity contribution in [1.29, 1.82) is 0 Å². The molecule has 0 aromatic carbocycles. The average molecular weight is 262 g/mol. The van der Waals surface area contributed by atoms with E-state index in [1.165, 1.54) is 0 Å². The van der Waals surface area contributed by atoms with Crippen molar-refractivity contribution >= 4 is 0 Å². The molecular formula is C13H30N2O3. The number of nitrogens with zero attached hydrogens (tertiary/aromatic N) is 1. The van der Waals surface area contributed by atoms with Crippen molar-refractivity contribution in [2.45, 2.75) is 32.4 Å². The van der Waals surface area contributed by atoms with E-state index >= 15 is 0 Å². The molecule has 0 aliphatic heterocycles. The third-order valence-electron chi connectivity index (χ3n) is 2.56. The molecule has 18 heavy (non-hydrogen) atoms. The number of ether oxygens (including phenoxy) is 2. The van der Waals surface area contributed by atoms with Gasteiger partial charge in [-0.05, 0) is 20.8 Å². The first-order chi connectivity index (χ1) is 8.39. The quantitative estimate of drug-likeness (QED) is 0.594. The van der Waals surface area contributed by atoms with E-state index < -0.39 is 0 Å². The molecule has 0 amide bonds. The van der Waals surface area contributed by atoms with E-state index in [1.807, 2.05) is 0 Å². The number of β-amino-alcohol motifs (C(OH)–C–C–N with tert-alkyl or cyclic N) is 1. The minimum atomic E-state index is -0.377. The maximum Gasteiger partial charge on any atom is 0.0791 e. The first kappa shape index (κ1) is 17.8. The van der Waals surface area contributed by atoms with Gasteiger partial charge in [0.05, 0.1) is 19.3 Å². The molecule has 2 N–H and O–H groups in total. The van der Waals surface area contributed by atoms with E-state index in [0.717, 1.165) is 13.1 Å². The van der Waals surface area contributed by atoms with Crippen molar-refractivity contribution in [2.75, 3.05) is 53.6 Å². The maximum atomic E-state index is 10.00. The van der Waals surface area contributed by atoms with Crippen LogP contribution in [-0.2, 0) is 9.47 Å². The van der Waals surface area contributed by atoms with Crippen LogP contribution in [-0.4, -0.2) is 75.3 Å². The summed E-state index contributed by atoms with van der Waals surface area (Å²) in [6.07, 6.45) is -0.377. The lowest BCUT2D eigenvalue weighted by Crippen LogP contribution is -2.45. The third-order valence-corrected chi connectivity index (χ3v) is 2.56. The van der Waals surface area contributed by atoms with E-state index in [0.29, 0.717) is 26.3 Å². The lowest BCUT2D eigenvalue weighted by atomic mass is 10.1. The Morgan fingerprint density at radius 1 is 1.11 bits per heavy atom. The molecule has 110 valence electrons. The molecular weight excluding hydrogens is 232 g/mol. The highest BCUT2D eigenvalue weighted by Gasteiger charge is 2.15. The molecule has 0 spiro atoms. The first-order valence-corrected chi connectivity index (χ1v) is 6.52. The molecule has 0 rings (SSSR count). The van der Waals surface area contributed by atoms with Gasteiger partial charge in [0.2, 0.25) is 0 Å². The average Bonchev–Trinajstić information content (AvgIpc) is 2.29. The van der Waals surface area contributed by atoms with Gasteiger partial charge in [-0.2, -0.15) is 0 Å². The van der Waals surface area contributed by atoms with Gasteiger partial charge in [0.15, 0.2) is 0 Å². The summed E-state index contributed by atoms with van der Waals surface area (Å²) in [5, 5.41) is 13.3. The Morgan fingerprint density at radius 2 is 1.61 bits per heavy atom. The number of aliphatic hydroxyl groups is 1. The number of rotatable bonds is 10. The third kappa shape index (κ3) is 10.9. The molecule has 0 saturated carbocycles. The van der Waals surface area contributed by atoms with Gasteiger partial charge >= 0.3 is 0 Å². The topological polar surface area (TPSA) is 54.0 Å². The fourth-order valence-corrected chi connectivity index (χ4v) is 1.52.